The molecule has 240 valence electrons. The van der Waals surface area contributed by atoms with Crippen molar-refractivity contribution in [1.82, 2.24) is 0 Å². The molecule has 4 nitrogen and oxygen atoms in total. The van der Waals surface area contributed by atoms with E-state index in [-0.39, 0.29) is 11.8 Å². The number of ketones is 1. The zero-order chi connectivity index (χ0) is 33.9. The number of nitrogens with zero attached hydrogens (tertiary/aromatic N) is 3. The van der Waals surface area contributed by atoms with Crippen molar-refractivity contribution in [3.05, 3.63) is 199 Å². The van der Waals surface area contributed by atoms with E-state index in [1.54, 1.807) is 6.92 Å². The van der Waals surface area contributed by atoms with E-state index in [0.29, 0.717) is 5.56 Å². The van der Waals surface area contributed by atoms with E-state index < -0.39 is 0 Å². The van der Waals surface area contributed by atoms with Crippen LogP contribution < -0.4 is 9.58 Å². The van der Waals surface area contributed by atoms with E-state index in [1.165, 1.54) is 5.56 Å². The van der Waals surface area contributed by atoms with Crippen molar-refractivity contribution >= 4 is 17.2 Å². The second-order valence-electron chi connectivity index (χ2n) is 12.6. The summed E-state index contributed by atoms with van der Waals surface area (Å²) in [7, 11) is 0. The van der Waals surface area contributed by atoms with Crippen molar-refractivity contribution in [2.24, 2.45) is 5.10 Å². The number of carbonyl (C=O) groups excluding carboxylic acids is 1. The summed E-state index contributed by atoms with van der Waals surface area (Å²) >= 11 is 0. The Kier molecular flexibility index (Phi) is 8.42. The summed E-state index contributed by atoms with van der Waals surface area (Å²) in [6.07, 6.45) is 0.836. The molecule has 1 atom stereocenters. The first-order valence-electron chi connectivity index (χ1n) is 17.0. The molecule has 0 spiro atoms. The lowest BCUT2D eigenvalue weighted by Gasteiger charge is -2.24. The van der Waals surface area contributed by atoms with E-state index >= 15 is 0 Å². The summed E-state index contributed by atoms with van der Waals surface area (Å²) in [5.41, 5.74) is 12.8. The highest BCUT2D eigenvalue weighted by molar-refractivity contribution is 6.03. The van der Waals surface area contributed by atoms with Crippen molar-refractivity contribution < 1.29 is 9.36 Å². The molecule has 7 aromatic rings. The molecule has 1 aliphatic rings. The molecule has 1 aromatic heterocycles. The van der Waals surface area contributed by atoms with Crippen LogP contribution in [0.4, 0.5) is 5.69 Å². The molecule has 0 saturated carbocycles. The van der Waals surface area contributed by atoms with Crippen LogP contribution in [-0.2, 0) is 0 Å². The number of hydrogen-bond acceptors (Lipinski definition) is 3. The number of hydrogen-bond donors (Lipinski definition) is 0. The quantitative estimate of drug-likeness (QED) is 0.122. The largest absolute Gasteiger partial charge is 0.295 e. The molecule has 0 radical (unpaired) electrons. The summed E-state index contributed by atoms with van der Waals surface area (Å²) < 4.78 is 2.29. The average Bonchev–Trinajstić information content (AvgIpc) is 3.65. The van der Waals surface area contributed by atoms with Gasteiger partial charge in [-0.3, -0.25) is 9.80 Å². The molecule has 1 aliphatic heterocycles. The normalized spacial score (nSPS) is 14.0. The lowest BCUT2D eigenvalue weighted by atomic mass is 9.97. The van der Waals surface area contributed by atoms with Gasteiger partial charge in [-0.2, -0.15) is 9.67 Å². The van der Waals surface area contributed by atoms with Crippen LogP contribution in [0.3, 0.4) is 0 Å². The standard InChI is InChI=1S/C46H36N3O/c1-33(50)34-22-26-41(27-23-34)48-44(37-16-8-3-9-17-37)30-40(31-45(48)38-18-10-4-11-19-38)35-24-28-42(29-25-35)49-46(39-20-12-5-13-21-39)32-43(47-49)36-14-6-2-7-15-36/h2-31,46H,32H2,1H3/q+1/t46-/m0/s1. The van der Waals surface area contributed by atoms with Crippen molar-refractivity contribution in [2.75, 3.05) is 5.01 Å². The van der Waals surface area contributed by atoms with Crippen LogP contribution in [0.5, 0.6) is 0 Å². The van der Waals surface area contributed by atoms with Crippen LogP contribution in [-0.4, -0.2) is 11.5 Å². The molecule has 50 heavy (non-hydrogen) atoms. The minimum absolute atomic E-state index is 0.0536. The second kappa shape index (κ2) is 13.6. The zero-order valence-electron chi connectivity index (χ0n) is 27.9. The number of benzene rings is 6. The lowest BCUT2D eigenvalue weighted by Crippen LogP contribution is -2.36. The number of aromatic nitrogens is 1. The summed E-state index contributed by atoms with van der Waals surface area (Å²) in [6, 6.07) is 63.4. The highest BCUT2D eigenvalue weighted by atomic mass is 16.1. The van der Waals surface area contributed by atoms with Crippen molar-refractivity contribution in [2.45, 2.75) is 19.4 Å². The number of hydrazone groups is 1. The van der Waals surface area contributed by atoms with E-state index in [0.717, 1.165) is 62.7 Å². The predicted octanol–water partition coefficient (Wildman–Crippen LogP) is 10.5. The van der Waals surface area contributed by atoms with Gasteiger partial charge in [0.2, 0.25) is 17.1 Å². The third-order valence-electron chi connectivity index (χ3n) is 9.40. The number of rotatable bonds is 8. The first-order valence-corrected chi connectivity index (χ1v) is 17.0. The fraction of sp³-hybridized carbons (Fsp3) is 0.0652. The first kappa shape index (κ1) is 30.9. The van der Waals surface area contributed by atoms with Crippen molar-refractivity contribution in [1.29, 1.82) is 0 Å². The van der Waals surface area contributed by atoms with Gasteiger partial charge in [-0.15, -0.1) is 0 Å². The molecular weight excluding hydrogens is 611 g/mol. The van der Waals surface area contributed by atoms with Crippen LogP contribution in [0.25, 0.3) is 39.3 Å². The first-order chi connectivity index (χ1) is 24.6. The highest BCUT2D eigenvalue weighted by Gasteiger charge is 2.30. The lowest BCUT2D eigenvalue weighted by molar-refractivity contribution is -0.572. The predicted molar refractivity (Wildman–Crippen MR) is 204 cm³/mol. The summed E-state index contributed by atoms with van der Waals surface area (Å²) in [6.45, 7) is 1.60. The number of pyridine rings is 1. The second-order valence-corrected chi connectivity index (χ2v) is 12.6. The minimum Gasteiger partial charge on any atom is -0.295 e. The molecule has 4 heteroatoms. The van der Waals surface area contributed by atoms with E-state index in [2.05, 4.69) is 149 Å². The maximum atomic E-state index is 12.1. The van der Waals surface area contributed by atoms with Gasteiger partial charge in [0.25, 0.3) is 0 Å². The molecule has 0 unspecified atom stereocenters. The van der Waals surface area contributed by atoms with Gasteiger partial charge in [-0.1, -0.05) is 109 Å². The van der Waals surface area contributed by atoms with Gasteiger partial charge in [-0.25, -0.2) is 0 Å². The summed E-state index contributed by atoms with van der Waals surface area (Å²) in [4.78, 5) is 12.1. The minimum atomic E-state index is 0.0536. The van der Waals surface area contributed by atoms with Crippen molar-refractivity contribution in [3.8, 4) is 39.3 Å². The van der Waals surface area contributed by atoms with Gasteiger partial charge >= 0.3 is 0 Å². The number of anilines is 1. The van der Waals surface area contributed by atoms with Gasteiger partial charge in [0.1, 0.15) is 0 Å². The Morgan fingerprint density at radius 2 is 1.06 bits per heavy atom. The fourth-order valence-corrected chi connectivity index (χ4v) is 6.82. The fourth-order valence-electron chi connectivity index (χ4n) is 6.82. The van der Waals surface area contributed by atoms with Gasteiger partial charge in [-0.05, 0) is 77.7 Å². The van der Waals surface area contributed by atoms with Crippen LogP contribution in [0, 0.1) is 0 Å². The molecule has 8 rings (SSSR count). The van der Waals surface area contributed by atoms with E-state index in [1.807, 2.05) is 42.5 Å². The number of Topliss-reactive ketones (excluding diaryl/α,β-unsaturated/α-hetero) is 1. The Morgan fingerprint density at radius 1 is 0.560 bits per heavy atom. The average molecular weight is 647 g/mol. The monoisotopic (exact) mass is 646 g/mol. The van der Waals surface area contributed by atoms with Crippen LogP contribution >= 0.6 is 0 Å². The van der Waals surface area contributed by atoms with Crippen LogP contribution in [0.15, 0.2) is 187 Å². The number of carbonyl (C=O) groups is 1. The van der Waals surface area contributed by atoms with E-state index in [4.69, 9.17) is 5.10 Å². The molecular formula is C46H36N3O+. The Labute approximate surface area is 293 Å². The smallest absolute Gasteiger partial charge is 0.219 e. The Morgan fingerprint density at radius 3 is 1.58 bits per heavy atom. The van der Waals surface area contributed by atoms with Gasteiger partial charge in [0.15, 0.2) is 5.78 Å². The molecule has 0 fully saturated rings. The molecule has 0 N–H and O–H groups in total. The summed E-state index contributed by atoms with van der Waals surface area (Å²) in [5.74, 6) is 0.0536. The molecule has 0 bridgehead atoms. The topological polar surface area (TPSA) is 36.5 Å². The molecule has 6 aromatic carbocycles. The van der Waals surface area contributed by atoms with Crippen LogP contribution in [0.1, 0.15) is 40.9 Å². The third-order valence-corrected chi connectivity index (χ3v) is 9.40. The maximum Gasteiger partial charge on any atom is 0.219 e. The molecule has 0 aliphatic carbocycles. The summed E-state index contributed by atoms with van der Waals surface area (Å²) in [5, 5.41) is 7.36. The Hall–Kier alpha value is -6.39. The third kappa shape index (κ3) is 6.15. The SMILES string of the molecule is CC(=O)c1ccc(-[n+]2c(-c3ccccc3)cc(-c3ccc(N4N=C(c5ccccc5)C[C@H]4c4ccccc4)cc3)cc2-c2ccccc2)cc1. The highest BCUT2D eigenvalue weighted by Crippen LogP contribution is 2.38. The molecule has 2 heterocycles. The van der Waals surface area contributed by atoms with E-state index in [9.17, 15) is 4.79 Å². The van der Waals surface area contributed by atoms with Crippen LogP contribution in [0.2, 0.25) is 0 Å². The molecule has 0 amide bonds. The van der Waals surface area contributed by atoms with Gasteiger partial charge < -0.3 is 0 Å². The Bertz CT molecular complexity index is 2220. The zero-order valence-corrected chi connectivity index (χ0v) is 27.9. The maximum absolute atomic E-state index is 12.1. The van der Waals surface area contributed by atoms with Crippen molar-refractivity contribution in [3.63, 3.8) is 0 Å². The molecule has 0 saturated heterocycles. The van der Waals surface area contributed by atoms with Gasteiger partial charge in [0.05, 0.1) is 17.4 Å². The van der Waals surface area contributed by atoms with Gasteiger partial charge in [0, 0.05) is 47.4 Å². The Balaban J connectivity index is 1.25.